The van der Waals surface area contributed by atoms with Gasteiger partial charge in [0, 0.05) is 12.0 Å². The fourth-order valence-electron chi connectivity index (χ4n) is 3.90. The van der Waals surface area contributed by atoms with E-state index >= 15 is 0 Å². The van der Waals surface area contributed by atoms with E-state index in [4.69, 9.17) is 5.10 Å². The topological polar surface area (TPSA) is 99.6 Å². The van der Waals surface area contributed by atoms with Crippen molar-refractivity contribution in [2.24, 2.45) is 0 Å². The predicted molar refractivity (Wildman–Crippen MR) is 117 cm³/mol. The van der Waals surface area contributed by atoms with Gasteiger partial charge in [0.25, 0.3) is 0 Å². The molecule has 31 heavy (non-hydrogen) atoms. The molecule has 0 aliphatic heterocycles. The van der Waals surface area contributed by atoms with Crippen molar-refractivity contribution in [2.45, 2.75) is 38.1 Å². The number of hydrogen-bond acceptors (Lipinski definition) is 6. The molecule has 1 N–H and O–H groups in total. The Morgan fingerprint density at radius 2 is 1.87 bits per heavy atom. The lowest BCUT2D eigenvalue weighted by Crippen LogP contribution is -2.30. The minimum Gasteiger partial charge on any atom is -0.309 e. The van der Waals surface area contributed by atoms with Crippen molar-refractivity contribution in [3.8, 4) is 10.7 Å². The first-order chi connectivity index (χ1) is 15.2. The second-order valence-corrected chi connectivity index (χ2v) is 8.44. The summed E-state index contributed by atoms with van der Waals surface area (Å²) in [4.78, 5) is 25.3. The number of carbonyl (C=O) groups is 1. The highest BCUT2D eigenvalue weighted by Crippen LogP contribution is 2.35. The van der Waals surface area contributed by atoms with Crippen LogP contribution in [0, 0.1) is 0 Å². The molecule has 0 atom stereocenters. The average Bonchev–Trinajstić information content (AvgIpc) is 3.57. The van der Waals surface area contributed by atoms with Gasteiger partial charge in [-0.1, -0.05) is 31.0 Å². The van der Waals surface area contributed by atoms with Crippen LogP contribution in [0.15, 0.2) is 58.7 Å². The van der Waals surface area contributed by atoms with Gasteiger partial charge in [-0.3, -0.25) is 4.79 Å². The Bertz CT molecular complexity index is 1230. The zero-order valence-corrected chi connectivity index (χ0v) is 17.5. The molecule has 158 valence electrons. The van der Waals surface area contributed by atoms with Crippen LogP contribution < -0.4 is 11.0 Å². The molecule has 5 rings (SSSR count). The van der Waals surface area contributed by atoms with Crippen LogP contribution in [-0.4, -0.2) is 35.5 Å². The van der Waals surface area contributed by atoms with Crippen molar-refractivity contribution < 1.29 is 4.79 Å². The van der Waals surface area contributed by atoms with E-state index in [0.717, 1.165) is 28.9 Å². The van der Waals surface area contributed by atoms with Gasteiger partial charge in [0.05, 0.1) is 11.4 Å². The number of hydrogen-bond donors (Lipinski definition) is 1. The van der Waals surface area contributed by atoms with Crippen molar-refractivity contribution >= 4 is 23.1 Å². The van der Waals surface area contributed by atoms with Gasteiger partial charge in [-0.25, -0.2) is 9.48 Å². The van der Waals surface area contributed by atoms with Crippen LogP contribution in [0.5, 0.6) is 0 Å². The average molecular weight is 436 g/mol. The van der Waals surface area contributed by atoms with Gasteiger partial charge in [-0.15, -0.1) is 11.3 Å². The summed E-state index contributed by atoms with van der Waals surface area (Å²) in [5, 5.41) is 17.9. The van der Waals surface area contributed by atoms with Gasteiger partial charge >= 0.3 is 5.69 Å². The third-order valence-corrected chi connectivity index (χ3v) is 6.26. The molecule has 0 spiro atoms. The van der Waals surface area contributed by atoms with Crippen LogP contribution in [0.25, 0.3) is 10.7 Å². The van der Waals surface area contributed by atoms with E-state index < -0.39 is 5.69 Å². The Kier molecular flexibility index (Phi) is 5.21. The second kappa shape index (κ2) is 8.31. The SMILES string of the molecule is O=C(Cn1nnn(-c2cccs2)c1=O)Nc1cc(C2CCCC2)nn1-c1ccccc1. The number of amides is 1. The van der Waals surface area contributed by atoms with E-state index in [2.05, 4.69) is 15.7 Å². The molecule has 1 amide bonds. The van der Waals surface area contributed by atoms with Crippen molar-refractivity contribution in [3.63, 3.8) is 0 Å². The summed E-state index contributed by atoms with van der Waals surface area (Å²) < 4.78 is 3.98. The number of anilines is 1. The number of carbonyl (C=O) groups excluding carboxylic acids is 1. The summed E-state index contributed by atoms with van der Waals surface area (Å²) in [5.41, 5.74) is 1.39. The smallest absolute Gasteiger partial charge is 0.309 e. The van der Waals surface area contributed by atoms with Crippen LogP contribution >= 0.6 is 11.3 Å². The van der Waals surface area contributed by atoms with E-state index in [1.807, 2.05) is 47.8 Å². The van der Waals surface area contributed by atoms with E-state index in [1.54, 1.807) is 10.7 Å². The maximum absolute atomic E-state index is 12.8. The summed E-state index contributed by atoms with van der Waals surface area (Å²) in [7, 11) is 0. The van der Waals surface area contributed by atoms with Gasteiger partial charge in [0.15, 0.2) is 0 Å². The highest BCUT2D eigenvalue weighted by atomic mass is 32.1. The Labute approximate surface area is 181 Å². The van der Waals surface area contributed by atoms with Gasteiger partial charge in [0.2, 0.25) is 5.91 Å². The van der Waals surface area contributed by atoms with E-state index in [-0.39, 0.29) is 12.5 Å². The third kappa shape index (κ3) is 3.93. The lowest BCUT2D eigenvalue weighted by Gasteiger charge is -2.08. The minimum absolute atomic E-state index is 0.233. The lowest BCUT2D eigenvalue weighted by molar-refractivity contribution is -0.117. The minimum atomic E-state index is -0.458. The van der Waals surface area contributed by atoms with E-state index in [9.17, 15) is 9.59 Å². The Balaban J connectivity index is 1.39. The Morgan fingerprint density at radius 1 is 1.06 bits per heavy atom. The number of tetrazole rings is 1. The van der Waals surface area contributed by atoms with E-state index in [1.165, 1.54) is 28.9 Å². The zero-order valence-electron chi connectivity index (χ0n) is 16.7. The number of para-hydroxylation sites is 1. The standard InChI is InChI=1S/C21H21N7O2S/c29-19(14-26-21(30)28(25-24-26)20-11-6-12-31-20)22-18-13-17(15-7-4-5-8-15)23-27(18)16-9-2-1-3-10-16/h1-3,6,9-13,15H,4-5,7-8,14H2,(H,22,29). The summed E-state index contributed by atoms with van der Waals surface area (Å²) in [6.07, 6.45) is 4.63. The van der Waals surface area contributed by atoms with Crippen LogP contribution in [0.2, 0.25) is 0 Å². The summed E-state index contributed by atoms with van der Waals surface area (Å²) >= 11 is 1.37. The highest BCUT2D eigenvalue weighted by molar-refractivity contribution is 7.12. The monoisotopic (exact) mass is 435 g/mol. The highest BCUT2D eigenvalue weighted by Gasteiger charge is 2.23. The molecule has 9 nitrogen and oxygen atoms in total. The van der Waals surface area contributed by atoms with E-state index in [0.29, 0.717) is 16.7 Å². The van der Waals surface area contributed by atoms with Crippen LogP contribution in [-0.2, 0) is 11.3 Å². The zero-order chi connectivity index (χ0) is 21.2. The fraction of sp³-hybridized carbons (Fsp3) is 0.286. The molecule has 0 bridgehead atoms. The molecule has 3 aromatic heterocycles. The lowest BCUT2D eigenvalue weighted by atomic mass is 10.0. The van der Waals surface area contributed by atoms with Gasteiger partial charge < -0.3 is 5.32 Å². The number of nitrogens with zero attached hydrogens (tertiary/aromatic N) is 6. The van der Waals surface area contributed by atoms with Crippen LogP contribution in [0.4, 0.5) is 5.82 Å². The first kappa shape index (κ1) is 19.4. The summed E-state index contributed by atoms with van der Waals surface area (Å²) in [5.74, 6) is 0.626. The molecule has 10 heteroatoms. The van der Waals surface area contributed by atoms with Crippen molar-refractivity contribution in [2.75, 3.05) is 5.32 Å². The number of aromatic nitrogens is 6. The molecular formula is C21H21N7O2S. The predicted octanol–water partition coefficient (Wildman–Crippen LogP) is 2.97. The third-order valence-electron chi connectivity index (χ3n) is 5.42. The first-order valence-corrected chi connectivity index (χ1v) is 11.1. The number of rotatable bonds is 6. The number of thiophene rings is 1. The quantitative estimate of drug-likeness (QED) is 0.502. The molecule has 1 aliphatic carbocycles. The maximum atomic E-state index is 12.8. The first-order valence-electron chi connectivity index (χ1n) is 10.2. The fourth-order valence-corrected chi connectivity index (χ4v) is 4.56. The molecule has 4 aromatic rings. The molecular weight excluding hydrogens is 414 g/mol. The summed E-state index contributed by atoms with van der Waals surface area (Å²) in [6.45, 7) is -0.233. The normalized spacial score (nSPS) is 14.2. The molecule has 1 aromatic carbocycles. The van der Waals surface area contributed by atoms with Crippen molar-refractivity contribution in [1.82, 2.24) is 29.6 Å². The molecule has 0 saturated heterocycles. The van der Waals surface area contributed by atoms with Crippen LogP contribution in [0.1, 0.15) is 37.3 Å². The second-order valence-electron chi connectivity index (χ2n) is 7.51. The van der Waals surface area contributed by atoms with Gasteiger partial charge in [-0.2, -0.15) is 14.5 Å². The van der Waals surface area contributed by atoms with Crippen LogP contribution in [0.3, 0.4) is 0 Å². The van der Waals surface area contributed by atoms with Crippen molar-refractivity contribution in [1.29, 1.82) is 0 Å². The Morgan fingerprint density at radius 3 is 2.61 bits per heavy atom. The summed E-state index contributed by atoms with van der Waals surface area (Å²) in [6, 6.07) is 15.2. The molecule has 1 aliphatic rings. The maximum Gasteiger partial charge on any atom is 0.369 e. The number of nitrogens with one attached hydrogen (secondary N) is 1. The Hall–Kier alpha value is -3.53. The largest absolute Gasteiger partial charge is 0.369 e. The molecule has 1 fully saturated rings. The molecule has 0 radical (unpaired) electrons. The van der Waals surface area contributed by atoms with Crippen molar-refractivity contribution in [3.05, 3.63) is 70.1 Å². The molecule has 1 saturated carbocycles. The number of benzene rings is 1. The molecule has 3 heterocycles. The van der Waals surface area contributed by atoms with Gasteiger partial charge in [-0.05, 0) is 52.9 Å². The van der Waals surface area contributed by atoms with Gasteiger partial charge in [0.1, 0.15) is 17.4 Å². The molecule has 0 unspecified atom stereocenters.